The highest BCUT2D eigenvalue weighted by molar-refractivity contribution is 7.92. The third kappa shape index (κ3) is 5.11. The fraction of sp³-hybridized carbons (Fsp3) is 0.588. The van der Waals surface area contributed by atoms with Crippen molar-refractivity contribution in [3.8, 4) is 0 Å². The third-order valence-corrected chi connectivity index (χ3v) is 5.86. The Morgan fingerprint density at radius 1 is 1.17 bits per heavy atom. The first-order valence-corrected chi connectivity index (χ1v) is 10.6. The van der Waals surface area contributed by atoms with Gasteiger partial charge in [-0.3, -0.25) is 9.10 Å². The molecule has 1 amide bonds. The molecule has 0 spiro atoms. The van der Waals surface area contributed by atoms with E-state index in [9.17, 15) is 13.2 Å². The van der Waals surface area contributed by atoms with Gasteiger partial charge in [0.25, 0.3) is 0 Å². The number of rotatable bonds is 5. The van der Waals surface area contributed by atoms with Crippen molar-refractivity contribution < 1.29 is 13.2 Å². The molecular formula is C17H25ClN2O3S. The van der Waals surface area contributed by atoms with Gasteiger partial charge in [-0.25, -0.2) is 8.42 Å². The standard InChI is InChI=1S/C17H25ClN2O3S/c1-13(17(21)19-15-7-5-3-4-6-8-15)20(24(2,22)23)16-11-9-14(18)10-12-16/h9-13,15H,3-8H2,1-2H3,(H,19,21). The Morgan fingerprint density at radius 3 is 2.21 bits per heavy atom. The molecule has 0 heterocycles. The van der Waals surface area contributed by atoms with E-state index >= 15 is 0 Å². The zero-order chi connectivity index (χ0) is 17.7. The largest absolute Gasteiger partial charge is 0.352 e. The maximum absolute atomic E-state index is 12.6. The number of carbonyl (C=O) groups is 1. The second-order valence-electron chi connectivity index (χ2n) is 6.41. The number of hydrogen-bond acceptors (Lipinski definition) is 3. The molecule has 1 N–H and O–H groups in total. The number of hydrogen-bond donors (Lipinski definition) is 1. The Bertz CT molecular complexity index is 653. The van der Waals surface area contributed by atoms with Gasteiger partial charge in [-0.2, -0.15) is 0 Å². The lowest BCUT2D eigenvalue weighted by Crippen LogP contribution is -2.50. The van der Waals surface area contributed by atoms with Gasteiger partial charge in [-0.1, -0.05) is 37.3 Å². The Balaban J connectivity index is 2.16. The first-order valence-electron chi connectivity index (χ1n) is 8.34. The van der Waals surface area contributed by atoms with Gasteiger partial charge in [-0.05, 0) is 44.0 Å². The lowest BCUT2D eigenvalue weighted by Gasteiger charge is -2.29. The van der Waals surface area contributed by atoms with Crippen LogP contribution in [0.25, 0.3) is 0 Å². The Labute approximate surface area is 149 Å². The minimum atomic E-state index is -3.59. The van der Waals surface area contributed by atoms with Crippen molar-refractivity contribution in [1.29, 1.82) is 0 Å². The predicted molar refractivity (Wildman–Crippen MR) is 97.9 cm³/mol. The van der Waals surface area contributed by atoms with Gasteiger partial charge in [0.05, 0.1) is 11.9 Å². The van der Waals surface area contributed by atoms with Crippen LogP contribution in [0, 0.1) is 0 Å². The van der Waals surface area contributed by atoms with Crippen LogP contribution in [0.4, 0.5) is 5.69 Å². The van der Waals surface area contributed by atoms with Gasteiger partial charge >= 0.3 is 0 Å². The lowest BCUT2D eigenvalue weighted by atomic mass is 10.1. The van der Waals surface area contributed by atoms with Crippen molar-refractivity contribution in [3.63, 3.8) is 0 Å². The fourth-order valence-corrected chi connectivity index (χ4v) is 4.44. The highest BCUT2D eigenvalue weighted by Crippen LogP contribution is 2.23. The molecule has 2 rings (SSSR count). The first-order chi connectivity index (χ1) is 11.3. The molecule has 134 valence electrons. The number of sulfonamides is 1. The summed E-state index contributed by atoms with van der Waals surface area (Å²) >= 11 is 5.87. The van der Waals surface area contributed by atoms with Gasteiger partial charge in [-0.15, -0.1) is 0 Å². The van der Waals surface area contributed by atoms with E-state index in [4.69, 9.17) is 11.6 Å². The van der Waals surface area contributed by atoms with E-state index in [0.717, 1.165) is 36.2 Å². The molecule has 1 aliphatic carbocycles. The number of nitrogens with one attached hydrogen (secondary N) is 1. The van der Waals surface area contributed by atoms with Crippen molar-refractivity contribution >= 4 is 33.2 Å². The molecule has 1 unspecified atom stereocenters. The van der Waals surface area contributed by atoms with Gasteiger partial charge in [0.2, 0.25) is 15.9 Å². The number of benzene rings is 1. The Morgan fingerprint density at radius 2 is 1.71 bits per heavy atom. The summed E-state index contributed by atoms with van der Waals surface area (Å²) in [5.74, 6) is -0.262. The van der Waals surface area contributed by atoms with E-state index in [1.54, 1.807) is 31.2 Å². The summed E-state index contributed by atoms with van der Waals surface area (Å²) in [4.78, 5) is 12.6. The molecule has 0 bridgehead atoms. The normalized spacial score (nSPS) is 17.8. The van der Waals surface area contributed by atoms with Crippen LogP contribution in [-0.4, -0.2) is 32.7 Å². The molecule has 24 heavy (non-hydrogen) atoms. The van der Waals surface area contributed by atoms with Crippen molar-refractivity contribution in [3.05, 3.63) is 29.3 Å². The van der Waals surface area contributed by atoms with Gasteiger partial charge in [0.15, 0.2) is 0 Å². The number of anilines is 1. The molecule has 0 saturated heterocycles. The van der Waals surface area contributed by atoms with E-state index in [1.807, 2.05) is 0 Å². The quantitative estimate of drug-likeness (QED) is 0.806. The second-order valence-corrected chi connectivity index (χ2v) is 8.70. The molecule has 1 fully saturated rings. The second kappa shape index (κ2) is 8.21. The lowest BCUT2D eigenvalue weighted by molar-refractivity contribution is -0.122. The molecular weight excluding hydrogens is 348 g/mol. The monoisotopic (exact) mass is 372 g/mol. The van der Waals surface area contributed by atoms with Crippen LogP contribution in [-0.2, 0) is 14.8 Å². The van der Waals surface area contributed by atoms with Crippen LogP contribution >= 0.6 is 11.6 Å². The minimum absolute atomic E-state index is 0.133. The molecule has 1 aromatic rings. The van der Waals surface area contributed by atoms with Crippen LogP contribution in [0.15, 0.2) is 24.3 Å². The molecule has 1 saturated carbocycles. The molecule has 7 heteroatoms. The number of halogens is 1. The van der Waals surface area contributed by atoms with Gasteiger partial charge in [0.1, 0.15) is 6.04 Å². The van der Waals surface area contributed by atoms with Crippen LogP contribution in [0.3, 0.4) is 0 Å². The molecule has 1 aliphatic rings. The molecule has 1 atom stereocenters. The van der Waals surface area contributed by atoms with E-state index in [2.05, 4.69) is 5.32 Å². The summed E-state index contributed by atoms with van der Waals surface area (Å²) in [5, 5.41) is 3.54. The molecule has 0 radical (unpaired) electrons. The highest BCUT2D eigenvalue weighted by atomic mass is 35.5. The van der Waals surface area contributed by atoms with Crippen LogP contribution in [0.2, 0.25) is 5.02 Å². The van der Waals surface area contributed by atoms with E-state index in [0.29, 0.717) is 10.7 Å². The van der Waals surface area contributed by atoms with Crippen molar-refractivity contribution in [2.45, 2.75) is 57.5 Å². The highest BCUT2D eigenvalue weighted by Gasteiger charge is 2.30. The smallest absolute Gasteiger partial charge is 0.243 e. The summed E-state index contributed by atoms with van der Waals surface area (Å²) < 4.78 is 25.6. The molecule has 0 aromatic heterocycles. The van der Waals surface area contributed by atoms with Crippen LogP contribution in [0.5, 0.6) is 0 Å². The summed E-state index contributed by atoms with van der Waals surface area (Å²) in [5.41, 5.74) is 0.436. The Hall–Kier alpha value is -1.27. The average Bonchev–Trinajstić information content (AvgIpc) is 2.76. The van der Waals surface area contributed by atoms with Gasteiger partial charge < -0.3 is 5.32 Å². The SMILES string of the molecule is CC(C(=O)NC1CCCCCC1)N(c1ccc(Cl)cc1)S(C)(=O)=O. The van der Waals surface area contributed by atoms with Crippen LogP contribution < -0.4 is 9.62 Å². The summed E-state index contributed by atoms with van der Waals surface area (Å²) in [6, 6.07) is 5.77. The minimum Gasteiger partial charge on any atom is -0.352 e. The molecule has 0 aliphatic heterocycles. The van der Waals surface area contributed by atoms with Crippen molar-refractivity contribution in [2.75, 3.05) is 10.6 Å². The molecule has 1 aromatic carbocycles. The van der Waals surface area contributed by atoms with E-state index < -0.39 is 16.1 Å². The number of carbonyl (C=O) groups excluding carboxylic acids is 1. The Kier molecular flexibility index (Phi) is 6.52. The summed E-state index contributed by atoms with van der Waals surface area (Å²) in [7, 11) is -3.59. The predicted octanol–water partition coefficient (Wildman–Crippen LogP) is 3.33. The van der Waals surface area contributed by atoms with E-state index in [1.165, 1.54) is 12.8 Å². The fourth-order valence-electron chi connectivity index (χ4n) is 3.14. The number of nitrogens with zero attached hydrogens (tertiary/aromatic N) is 1. The third-order valence-electron chi connectivity index (χ3n) is 4.37. The maximum Gasteiger partial charge on any atom is 0.243 e. The zero-order valence-electron chi connectivity index (χ0n) is 14.2. The van der Waals surface area contributed by atoms with Gasteiger partial charge in [0, 0.05) is 11.1 Å². The average molecular weight is 373 g/mol. The summed E-state index contributed by atoms with van der Waals surface area (Å²) in [6.07, 6.45) is 7.62. The maximum atomic E-state index is 12.6. The zero-order valence-corrected chi connectivity index (χ0v) is 15.7. The van der Waals surface area contributed by atoms with Crippen LogP contribution in [0.1, 0.15) is 45.4 Å². The molecule has 5 nitrogen and oxygen atoms in total. The van der Waals surface area contributed by atoms with Crippen molar-refractivity contribution in [2.24, 2.45) is 0 Å². The van der Waals surface area contributed by atoms with E-state index in [-0.39, 0.29) is 11.9 Å². The topological polar surface area (TPSA) is 66.5 Å². The van der Waals surface area contributed by atoms with Crippen molar-refractivity contribution in [1.82, 2.24) is 5.32 Å². The first kappa shape index (κ1) is 19.1. The number of amides is 1. The summed E-state index contributed by atoms with van der Waals surface area (Å²) in [6.45, 7) is 1.61.